The Morgan fingerprint density at radius 3 is 3.04 bits per heavy atom. The second kappa shape index (κ2) is 7.77. The highest BCUT2D eigenvalue weighted by Gasteiger charge is 2.23. The summed E-state index contributed by atoms with van der Waals surface area (Å²) in [6.45, 7) is 1.89. The van der Waals surface area contributed by atoms with E-state index in [1.165, 1.54) is 6.21 Å². The molecule has 1 aliphatic rings. The van der Waals surface area contributed by atoms with Crippen LogP contribution in [0.2, 0.25) is 0 Å². The fraction of sp³-hybridized carbons (Fsp3) is 0.300. The van der Waals surface area contributed by atoms with E-state index in [0.29, 0.717) is 5.92 Å². The lowest BCUT2D eigenvalue weighted by Crippen LogP contribution is -2.21. The number of benzene rings is 1. The van der Waals surface area contributed by atoms with Gasteiger partial charge in [-0.25, -0.2) is 9.97 Å². The predicted molar refractivity (Wildman–Crippen MR) is 110 cm³/mol. The van der Waals surface area contributed by atoms with Gasteiger partial charge in [-0.15, -0.1) is 0 Å². The number of fused-ring (bicyclic) bond motifs is 1. The Morgan fingerprint density at radius 2 is 2.29 bits per heavy atom. The molecular weight excluding hydrogens is 354 g/mol. The number of aliphatic hydroxyl groups is 1. The number of hydrogen-bond donors (Lipinski definition) is 4. The van der Waals surface area contributed by atoms with Crippen LogP contribution < -0.4 is 10.2 Å². The van der Waals surface area contributed by atoms with E-state index in [0.717, 1.165) is 58.8 Å². The van der Waals surface area contributed by atoms with Gasteiger partial charge in [0.1, 0.15) is 17.8 Å². The summed E-state index contributed by atoms with van der Waals surface area (Å²) in [5, 5.41) is 28.5. The summed E-state index contributed by atoms with van der Waals surface area (Å²) in [7, 11) is 1.81. The highest BCUT2D eigenvalue weighted by atomic mass is 16.3. The molecule has 28 heavy (non-hydrogen) atoms. The molecule has 8 nitrogen and oxygen atoms in total. The van der Waals surface area contributed by atoms with Gasteiger partial charge in [-0.05, 0) is 24.1 Å². The molecule has 3 aromatic rings. The normalized spacial score (nSPS) is 17.3. The summed E-state index contributed by atoms with van der Waals surface area (Å²) >= 11 is 0. The van der Waals surface area contributed by atoms with Crippen LogP contribution >= 0.6 is 0 Å². The van der Waals surface area contributed by atoms with Gasteiger partial charge in [0, 0.05) is 62.1 Å². The van der Waals surface area contributed by atoms with Crippen molar-refractivity contribution in [2.75, 3.05) is 31.6 Å². The van der Waals surface area contributed by atoms with Crippen molar-refractivity contribution < 1.29 is 5.11 Å². The van der Waals surface area contributed by atoms with Gasteiger partial charge in [0.2, 0.25) is 0 Å². The highest BCUT2D eigenvalue weighted by molar-refractivity contribution is 6.09. The third-order valence-electron chi connectivity index (χ3n) is 5.11. The zero-order valence-electron chi connectivity index (χ0n) is 15.7. The second-order valence-corrected chi connectivity index (χ2v) is 6.91. The van der Waals surface area contributed by atoms with Crippen molar-refractivity contribution in [3.63, 3.8) is 0 Å². The molecule has 4 rings (SSSR count). The SMILES string of the molecule is CN/C=C(\C=N)c1ccc2[nH]nc(-c3cc(N4CC[C@@H](CO)C4)ncn3)c2c1. The first-order valence-corrected chi connectivity index (χ1v) is 9.28. The lowest BCUT2D eigenvalue weighted by molar-refractivity contribution is 0.238. The molecule has 0 aliphatic carbocycles. The minimum absolute atomic E-state index is 0.205. The van der Waals surface area contributed by atoms with Crippen LogP contribution in [-0.2, 0) is 0 Å². The summed E-state index contributed by atoms with van der Waals surface area (Å²) in [6, 6.07) is 7.89. The number of H-pyrrole nitrogens is 1. The Hall–Kier alpha value is -3.26. The van der Waals surface area contributed by atoms with E-state index in [2.05, 4.69) is 30.4 Å². The number of rotatable bonds is 6. The molecule has 1 aliphatic heterocycles. The molecule has 0 radical (unpaired) electrons. The van der Waals surface area contributed by atoms with Gasteiger partial charge in [0.05, 0.1) is 11.2 Å². The van der Waals surface area contributed by atoms with Gasteiger partial charge >= 0.3 is 0 Å². The number of allylic oxidation sites excluding steroid dienone is 1. The largest absolute Gasteiger partial charge is 0.396 e. The Kier molecular flexibility index (Phi) is 5.03. The average Bonchev–Trinajstić information content (AvgIpc) is 3.38. The molecule has 0 amide bonds. The van der Waals surface area contributed by atoms with Crippen molar-refractivity contribution in [3.8, 4) is 11.4 Å². The van der Waals surface area contributed by atoms with Crippen molar-refractivity contribution >= 4 is 28.5 Å². The minimum atomic E-state index is 0.205. The smallest absolute Gasteiger partial charge is 0.132 e. The lowest BCUT2D eigenvalue weighted by atomic mass is 10.0. The maximum Gasteiger partial charge on any atom is 0.132 e. The quantitative estimate of drug-likeness (QED) is 0.489. The third-order valence-corrected chi connectivity index (χ3v) is 5.11. The Bertz CT molecular complexity index is 1030. The van der Waals surface area contributed by atoms with E-state index in [9.17, 15) is 5.11 Å². The molecule has 0 saturated carbocycles. The van der Waals surface area contributed by atoms with Crippen LogP contribution in [0.4, 0.5) is 5.82 Å². The van der Waals surface area contributed by atoms with Crippen molar-refractivity contribution in [1.82, 2.24) is 25.5 Å². The minimum Gasteiger partial charge on any atom is -0.396 e. The molecule has 0 unspecified atom stereocenters. The average molecular weight is 377 g/mol. The van der Waals surface area contributed by atoms with Gasteiger partial charge < -0.3 is 20.7 Å². The number of aliphatic hydroxyl groups excluding tert-OH is 1. The Morgan fingerprint density at radius 1 is 1.39 bits per heavy atom. The molecule has 144 valence electrons. The summed E-state index contributed by atoms with van der Waals surface area (Å²) in [5.41, 5.74) is 4.13. The summed E-state index contributed by atoms with van der Waals surface area (Å²) in [4.78, 5) is 11.0. The first kappa shape index (κ1) is 18.1. The van der Waals surface area contributed by atoms with Crippen LogP contribution in [0.1, 0.15) is 12.0 Å². The topological polar surface area (TPSA) is 114 Å². The number of anilines is 1. The molecule has 0 spiro atoms. The van der Waals surface area contributed by atoms with Gasteiger partial charge in [-0.2, -0.15) is 5.10 Å². The zero-order valence-corrected chi connectivity index (χ0v) is 15.7. The van der Waals surface area contributed by atoms with E-state index in [1.54, 1.807) is 12.5 Å². The molecular formula is C20H23N7O. The molecule has 1 aromatic carbocycles. The van der Waals surface area contributed by atoms with Crippen molar-refractivity contribution in [2.45, 2.75) is 6.42 Å². The summed E-state index contributed by atoms with van der Waals surface area (Å²) < 4.78 is 0. The maximum absolute atomic E-state index is 9.38. The monoisotopic (exact) mass is 377 g/mol. The molecule has 1 fully saturated rings. The maximum atomic E-state index is 9.38. The highest BCUT2D eigenvalue weighted by Crippen LogP contribution is 2.30. The Labute approximate surface area is 162 Å². The molecule has 3 heterocycles. The van der Waals surface area contributed by atoms with E-state index in [1.807, 2.05) is 31.3 Å². The number of nitrogens with zero attached hydrogens (tertiary/aromatic N) is 4. The van der Waals surface area contributed by atoms with Crippen LogP contribution in [0, 0.1) is 11.3 Å². The number of aromatic amines is 1. The van der Waals surface area contributed by atoms with E-state index >= 15 is 0 Å². The van der Waals surface area contributed by atoms with Crippen LogP contribution in [-0.4, -0.2) is 58.2 Å². The number of nitrogens with one attached hydrogen (secondary N) is 3. The van der Waals surface area contributed by atoms with E-state index in [4.69, 9.17) is 5.41 Å². The van der Waals surface area contributed by atoms with Crippen LogP contribution in [0.5, 0.6) is 0 Å². The predicted octanol–water partition coefficient (Wildman–Crippen LogP) is 2.05. The fourth-order valence-corrected chi connectivity index (χ4v) is 3.59. The third kappa shape index (κ3) is 3.34. The summed E-state index contributed by atoms with van der Waals surface area (Å²) in [5.74, 6) is 1.15. The molecule has 8 heteroatoms. The van der Waals surface area contributed by atoms with Gasteiger partial charge in [-0.3, -0.25) is 5.10 Å². The van der Waals surface area contributed by atoms with Crippen LogP contribution in [0.3, 0.4) is 0 Å². The number of aromatic nitrogens is 4. The second-order valence-electron chi connectivity index (χ2n) is 6.91. The first-order valence-electron chi connectivity index (χ1n) is 9.28. The zero-order chi connectivity index (χ0) is 19.5. The van der Waals surface area contributed by atoms with E-state index in [-0.39, 0.29) is 6.61 Å². The van der Waals surface area contributed by atoms with Crippen LogP contribution in [0.25, 0.3) is 27.9 Å². The van der Waals surface area contributed by atoms with Crippen LogP contribution in [0.15, 0.2) is 36.8 Å². The molecule has 1 saturated heterocycles. The van der Waals surface area contributed by atoms with Gasteiger partial charge in [-0.1, -0.05) is 6.07 Å². The van der Waals surface area contributed by atoms with Crippen molar-refractivity contribution in [1.29, 1.82) is 5.41 Å². The standard InChI is InChI=1S/C20H23N7O/c1-22-9-15(8-21)14-2-3-17-16(6-14)20(26-25-17)18-7-19(24-12-23-18)27-5-4-13(10-27)11-28/h2-3,6-9,12-13,21-22,28H,4-5,10-11H2,1H3,(H,25,26)/b15-9+,21-8?/t13-/m1/s1. The molecule has 1 atom stereocenters. The first-order chi connectivity index (χ1) is 13.7. The van der Waals surface area contributed by atoms with Gasteiger partial charge in [0.25, 0.3) is 0 Å². The fourth-order valence-electron chi connectivity index (χ4n) is 3.59. The number of hydrogen-bond acceptors (Lipinski definition) is 7. The van der Waals surface area contributed by atoms with Crippen molar-refractivity contribution in [3.05, 3.63) is 42.4 Å². The molecule has 0 bridgehead atoms. The molecule has 4 N–H and O–H groups in total. The Balaban J connectivity index is 1.72. The summed E-state index contributed by atoms with van der Waals surface area (Å²) in [6.07, 6.45) is 5.65. The van der Waals surface area contributed by atoms with Crippen molar-refractivity contribution in [2.24, 2.45) is 5.92 Å². The molecule has 2 aromatic heterocycles. The lowest BCUT2D eigenvalue weighted by Gasteiger charge is -2.17. The van der Waals surface area contributed by atoms with E-state index < -0.39 is 0 Å². The van der Waals surface area contributed by atoms with Gasteiger partial charge in [0.15, 0.2) is 0 Å².